The molecule has 2 atom stereocenters. The van der Waals surface area contributed by atoms with Gasteiger partial charge in [0, 0.05) is 22.5 Å². The fourth-order valence-corrected chi connectivity index (χ4v) is 5.33. The Kier molecular flexibility index (Phi) is 5.82. The van der Waals surface area contributed by atoms with Crippen LogP contribution in [-0.2, 0) is 12.2 Å². The molecular formula is C25H24O2S. The molecule has 0 fully saturated rings. The van der Waals surface area contributed by atoms with Crippen LogP contribution >= 0.6 is 11.8 Å². The van der Waals surface area contributed by atoms with Crippen LogP contribution in [0.1, 0.15) is 38.7 Å². The topological polar surface area (TPSA) is 26.3 Å². The number of ether oxygens (including phenoxy) is 1. The smallest absolute Gasteiger partial charge is 0.167 e. The number of benzene rings is 3. The second kappa shape index (κ2) is 8.66. The fourth-order valence-electron chi connectivity index (χ4n) is 3.92. The summed E-state index contributed by atoms with van der Waals surface area (Å²) in [7, 11) is 1.67. The van der Waals surface area contributed by atoms with Crippen molar-refractivity contribution in [2.24, 2.45) is 5.92 Å². The highest BCUT2D eigenvalue weighted by molar-refractivity contribution is 7.98. The number of rotatable bonds is 6. The third-order valence-corrected chi connectivity index (χ3v) is 6.87. The Balaban J connectivity index is 1.61. The molecule has 0 saturated heterocycles. The lowest BCUT2D eigenvalue weighted by atomic mass is 9.79. The SMILES string of the molecule is COc1ccc2c(c1)CC[C@@H]([C@@H](SCc1ccccc1)c1ccccc1)C2=O. The van der Waals surface area contributed by atoms with Gasteiger partial charge in [0.25, 0.3) is 0 Å². The summed E-state index contributed by atoms with van der Waals surface area (Å²) in [6.45, 7) is 0. The highest BCUT2D eigenvalue weighted by Crippen LogP contribution is 2.44. The quantitative estimate of drug-likeness (QED) is 0.509. The molecule has 0 aromatic heterocycles. The van der Waals surface area contributed by atoms with Gasteiger partial charge in [-0.1, -0.05) is 60.7 Å². The molecule has 3 aromatic rings. The van der Waals surface area contributed by atoms with Crippen molar-refractivity contribution in [3.63, 3.8) is 0 Å². The number of hydrogen-bond donors (Lipinski definition) is 0. The van der Waals surface area contributed by atoms with Crippen LogP contribution in [0.3, 0.4) is 0 Å². The summed E-state index contributed by atoms with van der Waals surface area (Å²) in [5.41, 5.74) is 4.50. The van der Waals surface area contributed by atoms with Crippen LogP contribution in [-0.4, -0.2) is 12.9 Å². The highest BCUT2D eigenvalue weighted by Gasteiger charge is 2.34. The molecule has 2 nitrogen and oxygen atoms in total. The normalized spacial score (nSPS) is 17.0. The monoisotopic (exact) mass is 388 g/mol. The van der Waals surface area contributed by atoms with Crippen LogP contribution in [0.4, 0.5) is 0 Å². The first-order valence-corrected chi connectivity index (χ1v) is 10.7. The first kappa shape index (κ1) is 18.8. The average molecular weight is 389 g/mol. The Labute approximate surface area is 170 Å². The van der Waals surface area contributed by atoms with E-state index in [-0.39, 0.29) is 17.0 Å². The molecule has 1 aliphatic rings. The van der Waals surface area contributed by atoms with Crippen molar-refractivity contribution < 1.29 is 9.53 Å². The summed E-state index contributed by atoms with van der Waals surface area (Å²) in [5, 5.41) is 0.157. The van der Waals surface area contributed by atoms with Gasteiger partial charge in [-0.25, -0.2) is 0 Å². The van der Waals surface area contributed by atoms with Crippen molar-refractivity contribution in [2.75, 3.05) is 7.11 Å². The summed E-state index contributed by atoms with van der Waals surface area (Å²) in [4.78, 5) is 13.4. The van der Waals surface area contributed by atoms with Crippen LogP contribution in [0.5, 0.6) is 5.75 Å². The number of aryl methyl sites for hydroxylation is 1. The van der Waals surface area contributed by atoms with Crippen molar-refractivity contribution in [1.82, 2.24) is 0 Å². The first-order valence-electron chi connectivity index (χ1n) is 9.68. The van der Waals surface area contributed by atoms with Gasteiger partial charge in [0.15, 0.2) is 5.78 Å². The van der Waals surface area contributed by atoms with E-state index in [2.05, 4.69) is 48.5 Å². The Morgan fingerprint density at radius 3 is 2.43 bits per heavy atom. The molecule has 4 rings (SSSR count). The van der Waals surface area contributed by atoms with E-state index in [1.54, 1.807) is 7.11 Å². The lowest BCUT2D eigenvalue weighted by Gasteiger charge is -2.30. The molecule has 28 heavy (non-hydrogen) atoms. The van der Waals surface area contributed by atoms with Gasteiger partial charge in [-0.3, -0.25) is 4.79 Å². The molecule has 3 heteroatoms. The van der Waals surface area contributed by atoms with Crippen molar-refractivity contribution in [3.05, 3.63) is 101 Å². The van der Waals surface area contributed by atoms with Crippen molar-refractivity contribution in [1.29, 1.82) is 0 Å². The maximum absolute atomic E-state index is 13.4. The molecule has 0 aliphatic heterocycles. The van der Waals surface area contributed by atoms with Crippen LogP contribution in [0.25, 0.3) is 0 Å². The second-order valence-corrected chi connectivity index (χ2v) is 8.29. The van der Waals surface area contributed by atoms with Gasteiger partial charge in [0.1, 0.15) is 5.75 Å². The Bertz CT molecular complexity index is 937. The van der Waals surface area contributed by atoms with E-state index in [0.29, 0.717) is 0 Å². The zero-order valence-electron chi connectivity index (χ0n) is 16.0. The third kappa shape index (κ3) is 4.00. The van der Waals surface area contributed by atoms with Gasteiger partial charge in [0.05, 0.1) is 7.11 Å². The summed E-state index contributed by atoms with van der Waals surface area (Å²) in [6.07, 6.45) is 1.79. The highest BCUT2D eigenvalue weighted by atomic mass is 32.2. The Morgan fingerprint density at radius 1 is 1.00 bits per heavy atom. The fraction of sp³-hybridized carbons (Fsp3) is 0.240. The number of carbonyl (C=O) groups is 1. The maximum Gasteiger partial charge on any atom is 0.167 e. The van der Waals surface area contributed by atoms with Gasteiger partial charge in [-0.15, -0.1) is 11.8 Å². The molecule has 0 bridgehead atoms. The van der Waals surface area contributed by atoms with E-state index >= 15 is 0 Å². The molecule has 0 spiro atoms. The summed E-state index contributed by atoms with van der Waals surface area (Å²) in [5.74, 6) is 1.98. The van der Waals surface area contributed by atoms with Crippen molar-refractivity contribution in [2.45, 2.75) is 23.8 Å². The van der Waals surface area contributed by atoms with Crippen LogP contribution in [0.15, 0.2) is 78.9 Å². The average Bonchev–Trinajstić information content (AvgIpc) is 2.76. The number of Topliss-reactive ketones (excluding diaryl/α,β-unsaturated/α-hetero) is 1. The first-order chi connectivity index (χ1) is 13.8. The summed E-state index contributed by atoms with van der Waals surface area (Å²) in [6, 6.07) is 26.8. The van der Waals surface area contributed by atoms with Gasteiger partial charge >= 0.3 is 0 Å². The summed E-state index contributed by atoms with van der Waals surface area (Å²) < 4.78 is 5.33. The molecule has 0 radical (unpaired) electrons. The molecular weight excluding hydrogens is 364 g/mol. The van der Waals surface area contributed by atoms with E-state index < -0.39 is 0 Å². The van der Waals surface area contributed by atoms with E-state index in [4.69, 9.17) is 4.74 Å². The molecule has 0 amide bonds. The van der Waals surface area contributed by atoms with E-state index in [9.17, 15) is 4.79 Å². The molecule has 0 heterocycles. The van der Waals surface area contributed by atoms with Crippen LogP contribution in [0, 0.1) is 5.92 Å². The molecule has 0 N–H and O–H groups in total. The predicted octanol–water partition coefficient (Wildman–Crippen LogP) is 6.12. The minimum atomic E-state index is -0.00277. The van der Waals surface area contributed by atoms with Crippen molar-refractivity contribution in [3.8, 4) is 5.75 Å². The molecule has 1 aliphatic carbocycles. The van der Waals surface area contributed by atoms with E-state index in [0.717, 1.165) is 35.5 Å². The Morgan fingerprint density at radius 2 is 1.71 bits per heavy atom. The van der Waals surface area contributed by atoms with Gasteiger partial charge in [0.2, 0.25) is 0 Å². The van der Waals surface area contributed by atoms with Gasteiger partial charge < -0.3 is 4.74 Å². The number of ketones is 1. The zero-order chi connectivity index (χ0) is 19.3. The van der Waals surface area contributed by atoms with Crippen LogP contribution in [0.2, 0.25) is 0 Å². The molecule has 3 aromatic carbocycles. The van der Waals surface area contributed by atoms with Crippen LogP contribution < -0.4 is 4.74 Å². The van der Waals surface area contributed by atoms with E-state index in [1.165, 1.54) is 11.1 Å². The zero-order valence-corrected chi connectivity index (χ0v) is 16.8. The number of fused-ring (bicyclic) bond motifs is 1. The van der Waals surface area contributed by atoms with Gasteiger partial charge in [-0.2, -0.15) is 0 Å². The third-order valence-electron chi connectivity index (χ3n) is 5.41. The number of methoxy groups -OCH3 is 1. The van der Waals surface area contributed by atoms with Crippen molar-refractivity contribution >= 4 is 17.5 Å². The van der Waals surface area contributed by atoms with Gasteiger partial charge in [-0.05, 0) is 47.7 Å². The predicted molar refractivity (Wildman–Crippen MR) is 116 cm³/mol. The number of hydrogen-bond acceptors (Lipinski definition) is 3. The standard InChI is InChI=1S/C25H24O2S/c1-27-21-13-15-22-20(16-21)12-14-23(24(22)26)25(19-10-6-3-7-11-19)28-17-18-8-4-2-5-9-18/h2-11,13,15-16,23,25H,12,14,17H2,1H3/t23-,25+/m1/s1. The van der Waals surface area contributed by atoms with E-state index in [1.807, 2.05) is 42.1 Å². The second-order valence-electron chi connectivity index (χ2n) is 7.16. The molecule has 0 saturated carbocycles. The number of thioether (sulfide) groups is 1. The Hall–Kier alpha value is -2.52. The molecule has 0 unspecified atom stereocenters. The summed E-state index contributed by atoms with van der Waals surface area (Å²) >= 11 is 1.87. The molecule has 142 valence electrons. The number of carbonyl (C=O) groups excluding carboxylic acids is 1. The lowest BCUT2D eigenvalue weighted by Crippen LogP contribution is -2.27. The minimum Gasteiger partial charge on any atom is -0.497 e. The maximum atomic E-state index is 13.4. The minimum absolute atomic E-state index is 0.00277. The largest absolute Gasteiger partial charge is 0.497 e. The lowest BCUT2D eigenvalue weighted by molar-refractivity contribution is 0.0899.